The Balaban J connectivity index is 2.05. The molecule has 0 spiro atoms. The van der Waals surface area contributed by atoms with Crippen LogP contribution in [0.5, 0.6) is 11.5 Å². The maximum Gasteiger partial charge on any atom is 0.164 e. The second-order valence-electron chi connectivity index (χ2n) is 4.22. The summed E-state index contributed by atoms with van der Waals surface area (Å²) in [5.74, 6) is 3.76. The molecule has 19 heavy (non-hydrogen) atoms. The minimum atomic E-state index is 0.174. The van der Waals surface area contributed by atoms with E-state index in [-0.39, 0.29) is 5.78 Å². The van der Waals surface area contributed by atoms with E-state index in [1.807, 2.05) is 29.6 Å². The van der Waals surface area contributed by atoms with Gasteiger partial charge in [-0.3, -0.25) is 4.79 Å². The number of carbonyl (C=O) groups is 1. The third-order valence-electron chi connectivity index (χ3n) is 2.95. The normalized spacial score (nSPS) is 16.1. The first-order valence-electron chi connectivity index (χ1n) is 6.23. The van der Waals surface area contributed by atoms with E-state index >= 15 is 0 Å². The van der Waals surface area contributed by atoms with Crippen LogP contribution in [0.4, 0.5) is 0 Å². The molecule has 1 saturated heterocycles. The molecule has 0 saturated carbocycles. The summed E-state index contributed by atoms with van der Waals surface area (Å²) in [5.41, 5.74) is 0.699. The van der Waals surface area contributed by atoms with Crippen LogP contribution in [-0.4, -0.2) is 36.1 Å². The third kappa shape index (κ3) is 3.83. The average Bonchev–Trinajstić information content (AvgIpc) is 2.47. The Labute approximate surface area is 122 Å². The molecule has 0 amide bonds. The van der Waals surface area contributed by atoms with Crippen molar-refractivity contribution in [3.8, 4) is 11.5 Å². The van der Waals surface area contributed by atoms with Gasteiger partial charge in [0, 0.05) is 12.0 Å². The summed E-state index contributed by atoms with van der Waals surface area (Å²) in [5, 5.41) is 0. The Kier molecular flexibility index (Phi) is 5.45. The highest BCUT2D eigenvalue weighted by Gasteiger charge is 2.19. The summed E-state index contributed by atoms with van der Waals surface area (Å²) in [6.45, 7) is 0. The van der Waals surface area contributed by atoms with Gasteiger partial charge in [0.05, 0.1) is 18.8 Å². The molecule has 1 aromatic carbocycles. The first-order chi connectivity index (χ1) is 9.24. The van der Waals surface area contributed by atoms with Crippen LogP contribution in [0, 0.1) is 0 Å². The zero-order chi connectivity index (χ0) is 13.7. The number of ketones is 1. The highest BCUT2D eigenvalue weighted by molar-refractivity contribution is 8.17. The largest absolute Gasteiger partial charge is 0.493 e. The van der Waals surface area contributed by atoms with Crippen molar-refractivity contribution in [2.24, 2.45) is 0 Å². The van der Waals surface area contributed by atoms with Gasteiger partial charge in [0.2, 0.25) is 0 Å². The van der Waals surface area contributed by atoms with Crippen LogP contribution in [0.25, 0.3) is 0 Å². The monoisotopic (exact) mass is 298 g/mol. The zero-order valence-corrected chi connectivity index (χ0v) is 12.8. The Morgan fingerprint density at radius 3 is 2.53 bits per heavy atom. The summed E-state index contributed by atoms with van der Waals surface area (Å²) < 4.78 is 10.8. The van der Waals surface area contributed by atoms with Crippen molar-refractivity contribution in [2.75, 3.05) is 25.7 Å². The van der Waals surface area contributed by atoms with Crippen LogP contribution in [0.1, 0.15) is 23.2 Å². The van der Waals surface area contributed by atoms with Crippen LogP contribution >= 0.6 is 23.5 Å². The van der Waals surface area contributed by atoms with Crippen LogP contribution in [0.2, 0.25) is 0 Å². The van der Waals surface area contributed by atoms with Gasteiger partial charge in [-0.25, -0.2) is 0 Å². The quantitative estimate of drug-likeness (QED) is 0.778. The maximum atomic E-state index is 12.3. The van der Waals surface area contributed by atoms with Gasteiger partial charge in [0.1, 0.15) is 0 Å². The molecule has 0 unspecified atom stereocenters. The summed E-state index contributed by atoms with van der Waals surface area (Å²) in [6, 6.07) is 5.36. The molecule has 0 aromatic heterocycles. The van der Waals surface area contributed by atoms with Crippen LogP contribution in [0.3, 0.4) is 0 Å². The van der Waals surface area contributed by atoms with Gasteiger partial charge < -0.3 is 9.47 Å². The molecule has 1 fully saturated rings. The number of methoxy groups -OCH3 is 2. The van der Waals surface area contributed by atoms with Crippen LogP contribution < -0.4 is 9.47 Å². The maximum absolute atomic E-state index is 12.3. The zero-order valence-electron chi connectivity index (χ0n) is 11.2. The summed E-state index contributed by atoms with van der Waals surface area (Å²) >= 11 is 3.78. The van der Waals surface area contributed by atoms with E-state index in [0.717, 1.165) is 11.5 Å². The molecule has 0 N–H and O–H groups in total. The number of hydrogen-bond acceptors (Lipinski definition) is 5. The Hall–Kier alpha value is -0.810. The van der Waals surface area contributed by atoms with E-state index in [4.69, 9.17) is 9.47 Å². The molecule has 0 radical (unpaired) electrons. The van der Waals surface area contributed by atoms with E-state index in [9.17, 15) is 4.79 Å². The van der Waals surface area contributed by atoms with Crippen LogP contribution in [0.15, 0.2) is 18.2 Å². The minimum Gasteiger partial charge on any atom is -0.493 e. The third-order valence-corrected chi connectivity index (χ3v) is 5.90. The topological polar surface area (TPSA) is 35.5 Å². The van der Waals surface area contributed by atoms with E-state index in [1.165, 1.54) is 6.42 Å². The van der Waals surface area contributed by atoms with Gasteiger partial charge in [0.15, 0.2) is 17.3 Å². The molecule has 1 aliphatic rings. The van der Waals surface area contributed by atoms with Crippen molar-refractivity contribution in [2.45, 2.75) is 17.4 Å². The number of benzene rings is 1. The number of ether oxygens (including phenoxy) is 2. The molecule has 104 valence electrons. The fraction of sp³-hybridized carbons (Fsp3) is 0.500. The number of hydrogen-bond donors (Lipinski definition) is 0. The summed E-state index contributed by atoms with van der Waals surface area (Å²) in [6.07, 6.45) is 1.83. The van der Waals surface area contributed by atoms with Crippen molar-refractivity contribution < 1.29 is 14.3 Å². The lowest BCUT2D eigenvalue weighted by atomic mass is 10.1. The van der Waals surface area contributed by atoms with E-state index in [2.05, 4.69) is 0 Å². The van der Waals surface area contributed by atoms with Gasteiger partial charge in [-0.05, 0) is 36.1 Å². The molecule has 1 aliphatic heterocycles. The molecular formula is C14H18O3S2. The SMILES string of the molecule is COc1ccc(C(=O)CC2SCCCS2)cc1OC. The molecule has 0 bridgehead atoms. The van der Waals surface area contributed by atoms with Crippen molar-refractivity contribution in [1.29, 1.82) is 0 Å². The molecule has 1 aromatic rings. The number of thioether (sulfide) groups is 2. The fourth-order valence-corrected chi connectivity index (χ4v) is 4.76. The van der Waals surface area contributed by atoms with Crippen molar-refractivity contribution in [3.05, 3.63) is 23.8 Å². The molecule has 0 aliphatic carbocycles. The number of Topliss-reactive ketones (excluding diaryl/α,β-unsaturated/α-hetero) is 1. The Morgan fingerprint density at radius 1 is 1.21 bits per heavy atom. The van der Waals surface area contributed by atoms with Gasteiger partial charge >= 0.3 is 0 Å². The molecule has 0 atom stereocenters. The average molecular weight is 298 g/mol. The lowest BCUT2D eigenvalue weighted by molar-refractivity contribution is 0.0987. The molecular weight excluding hydrogens is 280 g/mol. The Bertz CT molecular complexity index is 442. The lowest BCUT2D eigenvalue weighted by Gasteiger charge is -2.20. The summed E-state index contributed by atoms with van der Waals surface area (Å²) in [4.78, 5) is 12.3. The molecule has 5 heteroatoms. The molecule has 3 nitrogen and oxygen atoms in total. The first kappa shape index (κ1) is 14.6. The van der Waals surface area contributed by atoms with Crippen LogP contribution in [-0.2, 0) is 0 Å². The minimum absolute atomic E-state index is 0.174. The fourth-order valence-electron chi connectivity index (χ4n) is 1.93. The predicted molar refractivity (Wildman–Crippen MR) is 81.8 cm³/mol. The van der Waals surface area contributed by atoms with Gasteiger partial charge in [-0.1, -0.05) is 0 Å². The predicted octanol–water partition coefficient (Wildman–Crippen LogP) is 3.47. The van der Waals surface area contributed by atoms with Gasteiger partial charge in [-0.2, -0.15) is 0 Å². The van der Waals surface area contributed by atoms with E-state index in [0.29, 0.717) is 28.1 Å². The lowest BCUT2D eigenvalue weighted by Crippen LogP contribution is -2.12. The van der Waals surface area contributed by atoms with E-state index in [1.54, 1.807) is 26.4 Å². The molecule has 1 heterocycles. The number of rotatable bonds is 5. The first-order valence-corrected chi connectivity index (χ1v) is 8.32. The van der Waals surface area contributed by atoms with Crippen molar-refractivity contribution >= 4 is 29.3 Å². The van der Waals surface area contributed by atoms with Gasteiger partial charge in [0.25, 0.3) is 0 Å². The second kappa shape index (κ2) is 7.10. The number of carbonyl (C=O) groups excluding carboxylic acids is 1. The summed E-state index contributed by atoms with van der Waals surface area (Å²) in [7, 11) is 3.17. The van der Waals surface area contributed by atoms with Gasteiger partial charge in [-0.15, -0.1) is 23.5 Å². The van der Waals surface area contributed by atoms with E-state index < -0.39 is 0 Å². The second-order valence-corrected chi connectivity index (χ2v) is 7.14. The smallest absolute Gasteiger partial charge is 0.164 e. The Morgan fingerprint density at radius 2 is 1.89 bits per heavy atom. The molecule has 2 rings (SSSR count). The highest BCUT2D eigenvalue weighted by Crippen LogP contribution is 2.34. The highest BCUT2D eigenvalue weighted by atomic mass is 32.2. The van der Waals surface area contributed by atoms with Crippen molar-refractivity contribution in [3.63, 3.8) is 0 Å². The standard InChI is InChI=1S/C14H18O3S2/c1-16-12-5-4-10(8-13(12)17-2)11(15)9-14-18-6-3-7-19-14/h4-5,8,14H,3,6-7,9H2,1-2H3. The van der Waals surface area contributed by atoms with Crippen molar-refractivity contribution in [1.82, 2.24) is 0 Å².